The van der Waals surface area contributed by atoms with Gasteiger partial charge < -0.3 is 19.9 Å². The molecule has 0 bridgehead atoms. The Hall–Kier alpha value is -1.24. The van der Waals surface area contributed by atoms with Gasteiger partial charge in [0.2, 0.25) is 0 Å². The summed E-state index contributed by atoms with van der Waals surface area (Å²) in [6, 6.07) is 6.43. The van der Waals surface area contributed by atoms with Gasteiger partial charge in [-0.3, -0.25) is 0 Å². The third-order valence-corrected chi connectivity index (χ3v) is 3.81. The average molecular weight is 301 g/mol. The highest BCUT2D eigenvalue weighted by molar-refractivity contribution is 5.30. The summed E-state index contributed by atoms with van der Waals surface area (Å²) in [6.07, 6.45) is 0.822. The molecule has 1 aromatic rings. The van der Waals surface area contributed by atoms with Crippen LogP contribution in [0, 0.1) is 0 Å². The van der Waals surface area contributed by atoms with E-state index < -0.39 is 17.8 Å². The van der Waals surface area contributed by atoms with Crippen molar-refractivity contribution >= 4 is 0 Å². The quantitative estimate of drug-likeness (QED) is 0.873. The second-order valence-electron chi connectivity index (χ2n) is 5.86. The van der Waals surface area contributed by atoms with Gasteiger partial charge in [-0.15, -0.1) is 0 Å². The number of β-amino-alcohol motifs (C(OH)–C–C–N with tert-alkyl or cyclic N) is 1. The Morgan fingerprint density at radius 2 is 2.14 bits per heavy atom. The molecule has 0 aliphatic carbocycles. The molecule has 1 aliphatic heterocycles. The number of ether oxygens (including phenoxy) is 2. The molecule has 21 heavy (non-hydrogen) atoms. The standard InChI is InChI=1S/C15H21F2NO3/c1-14(20-2)8-15(19,10-18-9-14)7-11-4-3-5-12(6-11)21-13(16)17/h3-6,13,18-19H,7-10H2,1-2H3/t14-,15+/m0/s1. The molecule has 1 aliphatic rings. The largest absolute Gasteiger partial charge is 0.435 e. The van der Waals surface area contributed by atoms with Gasteiger partial charge in [-0.1, -0.05) is 12.1 Å². The van der Waals surface area contributed by atoms with E-state index in [0.717, 1.165) is 5.56 Å². The number of hydrogen-bond acceptors (Lipinski definition) is 4. The number of halogens is 2. The fourth-order valence-electron chi connectivity index (χ4n) is 2.86. The molecule has 2 N–H and O–H groups in total. The zero-order valence-corrected chi connectivity index (χ0v) is 12.2. The van der Waals surface area contributed by atoms with Gasteiger partial charge in [0.15, 0.2) is 0 Å². The molecule has 2 rings (SSSR count). The highest BCUT2D eigenvalue weighted by atomic mass is 19.3. The summed E-state index contributed by atoms with van der Waals surface area (Å²) in [6.45, 7) is 0.184. The first-order chi connectivity index (χ1) is 9.84. The van der Waals surface area contributed by atoms with E-state index in [1.807, 2.05) is 6.92 Å². The normalized spacial score (nSPS) is 29.6. The fraction of sp³-hybridized carbons (Fsp3) is 0.600. The van der Waals surface area contributed by atoms with Crippen LogP contribution in [-0.2, 0) is 11.2 Å². The Kier molecular flexibility index (Phi) is 4.81. The molecular weight excluding hydrogens is 280 g/mol. The number of methoxy groups -OCH3 is 1. The van der Waals surface area contributed by atoms with Crippen LogP contribution in [-0.4, -0.2) is 43.1 Å². The smallest absolute Gasteiger partial charge is 0.387 e. The highest BCUT2D eigenvalue weighted by Gasteiger charge is 2.41. The summed E-state index contributed by atoms with van der Waals surface area (Å²) in [4.78, 5) is 0. The van der Waals surface area contributed by atoms with Gasteiger partial charge in [0.05, 0.1) is 11.2 Å². The van der Waals surface area contributed by atoms with Crippen molar-refractivity contribution in [2.75, 3.05) is 20.2 Å². The molecule has 2 atom stereocenters. The van der Waals surface area contributed by atoms with Crippen molar-refractivity contribution in [2.45, 2.75) is 37.6 Å². The minimum Gasteiger partial charge on any atom is -0.435 e. The molecule has 118 valence electrons. The summed E-state index contributed by atoms with van der Waals surface area (Å²) in [7, 11) is 1.62. The van der Waals surface area contributed by atoms with Crippen LogP contribution >= 0.6 is 0 Å². The van der Waals surface area contributed by atoms with Gasteiger partial charge in [-0.2, -0.15) is 8.78 Å². The highest BCUT2D eigenvalue weighted by Crippen LogP contribution is 2.30. The number of nitrogens with one attached hydrogen (secondary N) is 1. The predicted molar refractivity (Wildman–Crippen MR) is 74.6 cm³/mol. The lowest BCUT2D eigenvalue weighted by molar-refractivity contribution is -0.0976. The van der Waals surface area contributed by atoms with Gasteiger partial charge in [0, 0.05) is 33.0 Å². The van der Waals surface area contributed by atoms with Crippen LogP contribution < -0.4 is 10.1 Å². The number of rotatable bonds is 5. The fourth-order valence-corrected chi connectivity index (χ4v) is 2.86. The lowest BCUT2D eigenvalue weighted by atomic mass is 9.80. The molecule has 1 fully saturated rings. The van der Waals surface area contributed by atoms with Crippen molar-refractivity contribution < 1.29 is 23.4 Å². The summed E-state index contributed by atoms with van der Waals surface area (Å²) in [5.41, 5.74) is -0.672. The van der Waals surface area contributed by atoms with Crippen LogP contribution in [0.1, 0.15) is 18.9 Å². The van der Waals surface area contributed by atoms with Gasteiger partial charge in [-0.25, -0.2) is 0 Å². The molecule has 4 nitrogen and oxygen atoms in total. The molecular formula is C15H21F2NO3. The van der Waals surface area contributed by atoms with Crippen molar-refractivity contribution in [3.05, 3.63) is 29.8 Å². The molecule has 0 radical (unpaired) electrons. The van der Waals surface area contributed by atoms with Crippen molar-refractivity contribution in [3.63, 3.8) is 0 Å². The van der Waals surface area contributed by atoms with Gasteiger partial charge in [0.1, 0.15) is 5.75 Å². The molecule has 1 saturated heterocycles. The molecule has 1 heterocycles. The number of alkyl halides is 2. The first-order valence-electron chi connectivity index (χ1n) is 6.86. The maximum absolute atomic E-state index is 12.2. The zero-order valence-electron chi connectivity index (χ0n) is 12.2. The van der Waals surface area contributed by atoms with Crippen LogP contribution in [0.15, 0.2) is 24.3 Å². The van der Waals surface area contributed by atoms with Crippen molar-refractivity contribution in [1.82, 2.24) is 5.32 Å². The maximum atomic E-state index is 12.2. The predicted octanol–water partition coefficient (Wildman–Crippen LogP) is 1.96. The van der Waals surface area contributed by atoms with Crippen LogP contribution in [0.3, 0.4) is 0 Å². The summed E-state index contributed by atoms with van der Waals surface area (Å²) >= 11 is 0. The lowest BCUT2D eigenvalue weighted by Crippen LogP contribution is -2.58. The van der Waals surface area contributed by atoms with E-state index in [9.17, 15) is 13.9 Å². The number of aliphatic hydroxyl groups is 1. The Bertz CT molecular complexity index is 486. The summed E-state index contributed by atoms with van der Waals surface area (Å²) in [5, 5.41) is 13.9. The van der Waals surface area contributed by atoms with E-state index in [4.69, 9.17) is 4.74 Å². The van der Waals surface area contributed by atoms with E-state index in [2.05, 4.69) is 10.1 Å². The van der Waals surface area contributed by atoms with E-state index in [0.29, 0.717) is 25.9 Å². The van der Waals surface area contributed by atoms with Crippen LogP contribution in [0.2, 0.25) is 0 Å². The Labute approximate surface area is 123 Å². The van der Waals surface area contributed by atoms with Crippen LogP contribution in [0.25, 0.3) is 0 Å². The molecule has 0 aromatic heterocycles. The second-order valence-corrected chi connectivity index (χ2v) is 5.86. The van der Waals surface area contributed by atoms with Crippen molar-refractivity contribution in [1.29, 1.82) is 0 Å². The first-order valence-corrected chi connectivity index (χ1v) is 6.86. The topological polar surface area (TPSA) is 50.7 Å². The van der Waals surface area contributed by atoms with Crippen molar-refractivity contribution in [2.24, 2.45) is 0 Å². The average Bonchev–Trinajstić information content (AvgIpc) is 2.37. The van der Waals surface area contributed by atoms with E-state index in [1.54, 1.807) is 19.2 Å². The molecule has 0 amide bonds. The SMILES string of the molecule is CO[C@]1(C)CNC[C@@](O)(Cc2cccc(OC(F)F)c2)C1. The molecule has 0 spiro atoms. The monoisotopic (exact) mass is 301 g/mol. The second kappa shape index (κ2) is 6.25. The summed E-state index contributed by atoms with van der Waals surface area (Å²) in [5.74, 6) is 0.101. The van der Waals surface area contributed by atoms with Crippen LogP contribution in [0.5, 0.6) is 5.75 Å². The van der Waals surface area contributed by atoms with E-state index in [-0.39, 0.29) is 5.75 Å². The zero-order chi connectivity index (χ0) is 15.5. The third kappa shape index (κ3) is 4.36. The summed E-state index contributed by atoms with van der Waals surface area (Å²) < 4.78 is 34.3. The van der Waals surface area contributed by atoms with Gasteiger partial charge >= 0.3 is 6.61 Å². The Morgan fingerprint density at radius 3 is 2.81 bits per heavy atom. The minimum atomic E-state index is -2.85. The molecule has 0 unspecified atom stereocenters. The lowest BCUT2D eigenvalue weighted by Gasteiger charge is -2.43. The molecule has 6 heteroatoms. The number of benzene rings is 1. The number of piperidine rings is 1. The molecule has 0 saturated carbocycles. The number of hydrogen-bond donors (Lipinski definition) is 2. The third-order valence-electron chi connectivity index (χ3n) is 3.81. The Morgan fingerprint density at radius 1 is 1.38 bits per heavy atom. The first kappa shape index (κ1) is 16.1. The van der Waals surface area contributed by atoms with Crippen LogP contribution in [0.4, 0.5) is 8.78 Å². The van der Waals surface area contributed by atoms with Gasteiger partial charge in [0.25, 0.3) is 0 Å². The van der Waals surface area contributed by atoms with Gasteiger partial charge in [-0.05, 0) is 24.6 Å². The van der Waals surface area contributed by atoms with E-state index in [1.165, 1.54) is 12.1 Å². The minimum absolute atomic E-state index is 0.101. The Balaban J connectivity index is 2.09. The maximum Gasteiger partial charge on any atom is 0.387 e. The van der Waals surface area contributed by atoms with Crippen molar-refractivity contribution in [3.8, 4) is 5.75 Å². The molecule has 1 aromatic carbocycles. The van der Waals surface area contributed by atoms with E-state index >= 15 is 0 Å².